The molecule has 0 aromatic carbocycles. The van der Waals surface area contributed by atoms with Crippen LogP contribution in [0.1, 0.15) is 52.4 Å². The van der Waals surface area contributed by atoms with E-state index < -0.39 is 0 Å². The second-order valence-corrected chi connectivity index (χ2v) is 4.42. The second-order valence-electron chi connectivity index (χ2n) is 4.42. The Bertz CT molecular complexity index is 110. The standard InChI is InChI=1S/C12H25N/c1-3-5-11(6-4-2)12-7-9-13-10-8-12/h11-13H,3-10H2,1-2H3. The molecule has 1 saturated heterocycles. The molecular formula is C12H25N. The molecular weight excluding hydrogens is 158 g/mol. The maximum absolute atomic E-state index is 3.45. The molecule has 1 fully saturated rings. The van der Waals surface area contributed by atoms with Crippen LogP contribution in [0.15, 0.2) is 0 Å². The summed E-state index contributed by atoms with van der Waals surface area (Å²) < 4.78 is 0. The molecule has 1 aliphatic rings. The third-order valence-corrected chi connectivity index (χ3v) is 3.37. The van der Waals surface area contributed by atoms with E-state index in [2.05, 4.69) is 19.2 Å². The molecule has 78 valence electrons. The number of nitrogens with one attached hydrogen (secondary N) is 1. The first-order valence-corrected chi connectivity index (χ1v) is 6.09. The predicted molar refractivity (Wildman–Crippen MR) is 58.9 cm³/mol. The highest BCUT2D eigenvalue weighted by atomic mass is 14.9. The Morgan fingerprint density at radius 3 is 2.08 bits per heavy atom. The molecule has 1 rings (SSSR count). The van der Waals surface area contributed by atoms with Crippen LogP contribution in [0.25, 0.3) is 0 Å². The lowest BCUT2D eigenvalue weighted by atomic mass is 9.80. The van der Waals surface area contributed by atoms with Gasteiger partial charge in [0.05, 0.1) is 0 Å². The smallest absolute Gasteiger partial charge is 0.00462 e. The van der Waals surface area contributed by atoms with Gasteiger partial charge in [-0.3, -0.25) is 0 Å². The van der Waals surface area contributed by atoms with Crippen molar-refractivity contribution in [3.05, 3.63) is 0 Å². The van der Waals surface area contributed by atoms with E-state index in [9.17, 15) is 0 Å². The predicted octanol–water partition coefficient (Wildman–Crippen LogP) is 3.20. The highest BCUT2D eigenvalue weighted by Gasteiger charge is 2.21. The first kappa shape index (κ1) is 11.0. The van der Waals surface area contributed by atoms with Gasteiger partial charge in [-0.2, -0.15) is 0 Å². The molecule has 0 aliphatic carbocycles. The van der Waals surface area contributed by atoms with E-state index in [1.165, 1.54) is 51.6 Å². The van der Waals surface area contributed by atoms with Crippen molar-refractivity contribution >= 4 is 0 Å². The molecule has 0 atom stereocenters. The van der Waals surface area contributed by atoms with Crippen LogP contribution in [-0.2, 0) is 0 Å². The number of rotatable bonds is 5. The zero-order valence-corrected chi connectivity index (χ0v) is 9.31. The van der Waals surface area contributed by atoms with Gasteiger partial charge in [0, 0.05) is 0 Å². The van der Waals surface area contributed by atoms with Gasteiger partial charge in [0.1, 0.15) is 0 Å². The minimum Gasteiger partial charge on any atom is -0.317 e. The van der Waals surface area contributed by atoms with E-state index in [1.54, 1.807) is 0 Å². The molecule has 0 bridgehead atoms. The summed E-state index contributed by atoms with van der Waals surface area (Å²) in [5, 5.41) is 3.45. The highest BCUT2D eigenvalue weighted by Crippen LogP contribution is 2.29. The van der Waals surface area contributed by atoms with Gasteiger partial charge in [0.25, 0.3) is 0 Å². The lowest BCUT2D eigenvalue weighted by Gasteiger charge is -2.30. The van der Waals surface area contributed by atoms with Gasteiger partial charge in [-0.05, 0) is 37.8 Å². The topological polar surface area (TPSA) is 12.0 Å². The summed E-state index contributed by atoms with van der Waals surface area (Å²) in [6.07, 6.45) is 8.50. The maximum atomic E-state index is 3.45. The van der Waals surface area contributed by atoms with Crippen LogP contribution in [0.4, 0.5) is 0 Å². The lowest BCUT2D eigenvalue weighted by Crippen LogP contribution is -2.31. The summed E-state index contributed by atoms with van der Waals surface area (Å²) in [4.78, 5) is 0. The van der Waals surface area contributed by atoms with Crippen molar-refractivity contribution < 1.29 is 0 Å². The number of hydrogen-bond acceptors (Lipinski definition) is 1. The van der Waals surface area contributed by atoms with E-state index >= 15 is 0 Å². The lowest BCUT2D eigenvalue weighted by molar-refractivity contribution is 0.231. The van der Waals surface area contributed by atoms with Crippen molar-refractivity contribution in [2.24, 2.45) is 11.8 Å². The molecule has 13 heavy (non-hydrogen) atoms. The molecule has 1 heterocycles. The van der Waals surface area contributed by atoms with Gasteiger partial charge in [-0.25, -0.2) is 0 Å². The first-order valence-electron chi connectivity index (χ1n) is 6.09. The largest absolute Gasteiger partial charge is 0.317 e. The van der Waals surface area contributed by atoms with Gasteiger partial charge in [0.15, 0.2) is 0 Å². The molecule has 1 nitrogen and oxygen atoms in total. The summed E-state index contributed by atoms with van der Waals surface area (Å²) in [6.45, 7) is 7.16. The van der Waals surface area contributed by atoms with Gasteiger partial charge >= 0.3 is 0 Å². The van der Waals surface area contributed by atoms with Gasteiger partial charge < -0.3 is 5.32 Å². The van der Waals surface area contributed by atoms with Crippen molar-refractivity contribution in [3.63, 3.8) is 0 Å². The Morgan fingerprint density at radius 1 is 1.08 bits per heavy atom. The Balaban J connectivity index is 2.32. The highest BCUT2D eigenvalue weighted by molar-refractivity contribution is 4.75. The third kappa shape index (κ3) is 3.68. The quantitative estimate of drug-likeness (QED) is 0.690. The molecule has 0 unspecified atom stereocenters. The average molecular weight is 183 g/mol. The van der Waals surface area contributed by atoms with E-state index in [0.29, 0.717) is 0 Å². The summed E-state index contributed by atoms with van der Waals surface area (Å²) >= 11 is 0. The molecule has 0 spiro atoms. The summed E-state index contributed by atoms with van der Waals surface area (Å²) in [7, 11) is 0. The van der Waals surface area contributed by atoms with Crippen LogP contribution >= 0.6 is 0 Å². The van der Waals surface area contributed by atoms with Crippen molar-refractivity contribution in [1.82, 2.24) is 5.32 Å². The van der Waals surface area contributed by atoms with Crippen LogP contribution in [0.3, 0.4) is 0 Å². The SMILES string of the molecule is CCCC(CCC)C1CCNCC1. The van der Waals surface area contributed by atoms with Gasteiger partial charge in [0.2, 0.25) is 0 Å². The Kier molecular flexibility index (Phi) is 5.45. The van der Waals surface area contributed by atoms with Crippen molar-refractivity contribution in [1.29, 1.82) is 0 Å². The van der Waals surface area contributed by atoms with Crippen LogP contribution in [0.2, 0.25) is 0 Å². The summed E-state index contributed by atoms with van der Waals surface area (Å²) in [6, 6.07) is 0. The fourth-order valence-electron chi connectivity index (χ4n) is 2.67. The fourth-order valence-corrected chi connectivity index (χ4v) is 2.67. The Labute approximate surface area is 83.3 Å². The Hall–Kier alpha value is -0.0400. The van der Waals surface area contributed by atoms with Crippen molar-refractivity contribution in [2.75, 3.05) is 13.1 Å². The van der Waals surface area contributed by atoms with Crippen LogP contribution in [0.5, 0.6) is 0 Å². The summed E-state index contributed by atoms with van der Waals surface area (Å²) in [5.74, 6) is 2.05. The zero-order chi connectivity index (χ0) is 9.52. The molecule has 0 saturated carbocycles. The molecule has 1 heteroatoms. The van der Waals surface area contributed by atoms with Gasteiger partial charge in [-0.15, -0.1) is 0 Å². The number of piperidine rings is 1. The summed E-state index contributed by atoms with van der Waals surface area (Å²) in [5.41, 5.74) is 0. The van der Waals surface area contributed by atoms with Crippen LogP contribution < -0.4 is 5.32 Å². The molecule has 0 radical (unpaired) electrons. The van der Waals surface area contributed by atoms with Crippen molar-refractivity contribution in [2.45, 2.75) is 52.4 Å². The monoisotopic (exact) mass is 183 g/mol. The van der Waals surface area contributed by atoms with E-state index in [-0.39, 0.29) is 0 Å². The first-order chi connectivity index (χ1) is 6.38. The molecule has 1 N–H and O–H groups in total. The molecule has 0 amide bonds. The number of hydrogen-bond donors (Lipinski definition) is 1. The zero-order valence-electron chi connectivity index (χ0n) is 9.31. The minimum atomic E-state index is 1.03. The normalized spacial score (nSPS) is 19.6. The van der Waals surface area contributed by atoms with E-state index in [1.807, 2.05) is 0 Å². The van der Waals surface area contributed by atoms with Crippen molar-refractivity contribution in [3.8, 4) is 0 Å². The molecule has 0 aromatic heterocycles. The molecule has 0 aromatic rings. The van der Waals surface area contributed by atoms with Crippen LogP contribution in [0, 0.1) is 11.8 Å². The Morgan fingerprint density at radius 2 is 1.62 bits per heavy atom. The van der Waals surface area contributed by atoms with E-state index in [4.69, 9.17) is 0 Å². The average Bonchev–Trinajstić information content (AvgIpc) is 2.19. The minimum absolute atomic E-state index is 1.03. The third-order valence-electron chi connectivity index (χ3n) is 3.37. The van der Waals surface area contributed by atoms with E-state index in [0.717, 1.165) is 11.8 Å². The fraction of sp³-hybridized carbons (Fsp3) is 1.00. The second kappa shape index (κ2) is 6.42. The maximum Gasteiger partial charge on any atom is -0.00462 e. The van der Waals surface area contributed by atoms with Crippen LogP contribution in [-0.4, -0.2) is 13.1 Å². The molecule has 1 aliphatic heterocycles. The van der Waals surface area contributed by atoms with Gasteiger partial charge in [-0.1, -0.05) is 39.5 Å².